The Balaban J connectivity index is 0.935. The van der Waals surface area contributed by atoms with Gasteiger partial charge in [0.05, 0.1) is 33.1 Å². The minimum absolute atomic E-state index is 0.634. The van der Waals surface area contributed by atoms with Crippen molar-refractivity contribution in [3.8, 4) is 51.2 Å². The molecule has 0 aliphatic carbocycles. The van der Waals surface area contributed by atoms with Crippen molar-refractivity contribution in [2.45, 2.75) is 0 Å². The summed E-state index contributed by atoms with van der Waals surface area (Å²) in [6.07, 6.45) is 0. The number of aromatic nitrogens is 6. The molecule has 0 saturated carbocycles. The first-order valence-corrected chi connectivity index (χ1v) is 21.3. The molecule has 6 nitrogen and oxygen atoms in total. The van der Waals surface area contributed by atoms with Gasteiger partial charge in [-0.05, 0) is 84.9 Å². The molecule has 0 aliphatic rings. The maximum Gasteiger partial charge on any atom is 0.164 e. The van der Waals surface area contributed by atoms with Crippen molar-refractivity contribution in [3.05, 3.63) is 218 Å². The molecule has 13 aromatic rings. The van der Waals surface area contributed by atoms with E-state index in [-0.39, 0.29) is 0 Å². The van der Waals surface area contributed by atoms with Crippen LogP contribution in [0.15, 0.2) is 218 Å². The Morgan fingerprint density at radius 3 is 0.905 bits per heavy atom. The minimum Gasteiger partial charge on any atom is -0.309 e. The van der Waals surface area contributed by atoms with Crippen LogP contribution in [0, 0.1) is 0 Å². The predicted octanol–water partition coefficient (Wildman–Crippen LogP) is 14.2. The van der Waals surface area contributed by atoms with Crippen LogP contribution < -0.4 is 0 Å². The van der Waals surface area contributed by atoms with E-state index in [0.717, 1.165) is 44.8 Å². The van der Waals surface area contributed by atoms with Crippen LogP contribution in [-0.2, 0) is 0 Å². The lowest BCUT2D eigenvalue weighted by Gasteiger charge is -2.12. The Morgan fingerprint density at radius 2 is 0.508 bits per heavy atom. The molecule has 6 heteroatoms. The standard InChI is InChI=1S/C57H36N6/c1-3-15-37(16-4-1)55-58-56(38-17-5-2-6-18-38)60-57(59-55)39-27-29-40(30-28-39)61-51-25-13-9-21-45(51)47-36-42(31-33-53(47)61)63-52-26-14-10-22-46(52)48-35-41(32-34-54(48)63)62-49-23-11-7-19-43(49)44-20-8-12-24-50(44)62/h1-36H. The van der Waals surface area contributed by atoms with Gasteiger partial charge < -0.3 is 13.7 Å². The van der Waals surface area contributed by atoms with Crippen LogP contribution in [0.1, 0.15) is 0 Å². The summed E-state index contributed by atoms with van der Waals surface area (Å²) in [5.74, 6) is 1.93. The van der Waals surface area contributed by atoms with Gasteiger partial charge in [-0.2, -0.15) is 0 Å². The zero-order chi connectivity index (χ0) is 41.4. The van der Waals surface area contributed by atoms with Crippen molar-refractivity contribution in [1.82, 2.24) is 28.7 Å². The maximum atomic E-state index is 4.98. The van der Waals surface area contributed by atoms with E-state index in [2.05, 4.69) is 171 Å². The van der Waals surface area contributed by atoms with Crippen LogP contribution in [0.2, 0.25) is 0 Å². The topological polar surface area (TPSA) is 53.5 Å². The minimum atomic E-state index is 0.634. The number of benzene rings is 9. The Bertz CT molecular complexity index is 3790. The number of hydrogen-bond acceptors (Lipinski definition) is 3. The first kappa shape index (κ1) is 35.2. The third-order valence-electron chi connectivity index (χ3n) is 12.5. The molecule has 4 aromatic heterocycles. The smallest absolute Gasteiger partial charge is 0.164 e. The summed E-state index contributed by atoms with van der Waals surface area (Å²) in [6.45, 7) is 0. The fourth-order valence-corrected chi connectivity index (χ4v) is 9.65. The third kappa shape index (κ3) is 5.55. The Morgan fingerprint density at radius 1 is 0.222 bits per heavy atom. The molecule has 0 aliphatic heterocycles. The highest BCUT2D eigenvalue weighted by atomic mass is 15.0. The molecule has 0 fully saturated rings. The van der Waals surface area contributed by atoms with Crippen LogP contribution in [0.25, 0.3) is 117 Å². The van der Waals surface area contributed by atoms with Gasteiger partial charge in [0.2, 0.25) is 0 Å². The maximum absolute atomic E-state index is 4.98. The molecule has 0 spiro atoms. The second-order valence-electron chi connectivity index (χ2n) is 16.1. The van der Waals surface area contributed by atoms with Crippen molar-refractivity contribution in [3.63, 3.8) is 0 Å². The average molecular weight is 805 g/mol. The van der Waals surface area contributed by atoms with E-state index in [4.69, 9.17) is 15.0 Å². The van der Waals surface area contributed by atoms with Crippen LogP contribution in [-0.4, -0.2) is 28.7 Å². The van der Waals surface area contributed by atoms with Gasteiger partial charge in [-0.1, -0.05) is 133 Å². The number of fused-ring (bicyclic) bond motifs is 9. The van der Waals surface area contributed by atoms with Gasteiger partial charge in [0, 0.05) is 66.1 Å². The van der Waals surface area contributed by atoms with Gasteiger partial charge in [0.25, 0.3) is 0 Å². The Hall–Kier alpha value is -8.61. The predicted molar refractivity (Wildman–Crippen MR) is 259 cm³/mol. The molecule has 0 bridgehead atoms. The summed E-state index contributed by atoms with van der Waals surface area (Å²) >= 11 is 0. The molecule has 63 heavy (non-hydrogen) atoms. The van der Waals surface area contributed by atoms with E-state index in [1.54, 1.807) is 0 Å². The summed E-state index contributed by atoms with van der Waals surface area (Å²) in [5.41, 5.74) is 13.2. The molecule has 0 radical (unpaired) electrons. The van der Waals surface area contributed by atoms with Crippen molar-refractivity contribution >= 4 is 65.4 Å². The van der Waals surface area contributed by atoms with E-state index < -0.39 is 0 Å². The van der Waals surface area contributed by atoms with Crippen LogP contribution in [0.3, 0.4) is 0 Å². The molecule has 0 saturated heterocycles. The zero-order valence-corrected chi connectivity index (χ0v) is 34.0. The molecule has 0 N–H and O–H groups in total. The molecule has 0 atom stereocenters. The van der Waals surface area contributed by atoms with Crippen molar-refractivity contribution in [1.29, 1.82) is 0 Å². The van der Waals surface area contributed by atoms with Gasteiger partial charge in [-0.3, -0.25) is 0 Å². The summed E-state index contributed by atoms with van der Waals surface area (Å²) in [4.78, 5) is 14.8. The molecule has 0 amide bonds. The number of rotatable bonds is 6. The number of nitrogens with zero attached hydrogens (tertiary/aromatic N) is 6. The Labute approximate surface area is 362 Å². The first-order chi connectivity index (χ1) is 31.2. The SMILES string of the molecule is c1ccc(-c2nc(-c3ccccc3)nc(-c3ccc(-n4c5ccccc5c5cc(-n6c7ccccc7c7cc(-n8c9ccccc9c9ccccc98)ccc76)ccc54)cc3)n2)cc1. The van der Waals surface area contributed by atoms with Gasteiger partial charge in [0.1, 0.15) is 0 Å². The van der Waals surface area contributed by atoms with E-state index in [9.17, 15) is 0 Å². The quantitative estimate of drug-likeness (QED) is 0.168. The van der Waals surface area contributed by atoms with Gasteiger partial charge in [-0.25, -0.2) is 15.0 Å². The lowest BCUT2D eigenvalue weighted by Crippen LogP contribution is -2.00. The summed E-state index contributed by atoms with van der Waals surface area (Å²) in [5, 5.41) is 7.36. The van der Waals surface area contributed by atoms with E-state index in [1.807, 2.05) is 60.7 Å². The van der Waals surface area contributed by atoms with Crippen molar-refractivity contribution in [2.24, 2.45) is 0 Å². The fraction of sp³-hybridized carbons (Fsp3) is 0. The largest absolute Gasteiger partial charge is 0.309 e. The lowest BCUT2D eigenvalue weighted by molar-refractivity contribution is 1.07. The van der Waals surface area contributed by atoms with Gasteiger partial charge in [0.15, 0.2) is 17.5 Å². The van der Waals surface area contributed by atoms with Crippen molar-refractivity contribution in [2.75, 3.05) is 0 Å². The zero-order valence-electron chi connectivity index (χ0n) is 34.0. The van der Waals surface area contributed by atoms with Gasteiger partial charge in [-0.15, -0.1) is 0 Å². The van der Waals surface area contributed by atoms with E-state index >= 15 is 0 Å². The fourth-order valence-electron chi connectivity index (χ4n) is 9.65. The monoisotopic (exact) mass is 804 g/mol. The normalized spacial score (nSPS) is 11.8. The molecule has 9 aromatic carbocycles. The Kier molecular flexibility index (Phi) is 7.80. The second kappa shape index (κ2) is 14.0. The van der Waals surface area contributed by atoms with Crippen LogP contribution in [0.5, 0.6) is 0 Å². The molecular formula is C57H36N6. The summed E-state index contributed by atoms with van der Waals surface area (Å²) in [6, 6.07) is 77.5. The van der Waals surface area contributed by atoms with Crippen LogP contribution in [0.4, 0.5) is 0 Å². The summed E-state index contributed by atoms with van der Waals surface area (Å²) < 4.78 is 7.18. The highest BCUT2D eigenvalue weighted by molar-refractivity contribution is 6.14. The highest BCUT2D eigenvalue weighted by Gasteiger charge is 2.19. The first-order valence-electron chi connectivity index (χ1n) is 21.3. The molecular weight excluding hydrogens is 769 g/mol. The highest BCUT2D eigenvalue weighted by Crippen LogP contribution is 2.39. The van der Waals surface area contributed by atoms with E-state index in [1.165, 1.54) is 54.4 Å². The lowest BCUT2D eigenvalue weighted by atomic mass is 10.1. The summed E-state index contributed by atoms with van der Waals surface area (Å²) in [7, 11) is 0. The molecule has 0 unspecified atom stereocenters. The number of para-hydroxylation sites is 4. The average Bonchev–Trinajstić information content (AvgIpc) is 4.00. The van der Waals surface area contributed by atoms with E-state index in [0.29, 0.717) is 17.5 Å². The third-order valence-corrected chi connectivity index (χ3v) is 12.5. The molecule has 294 valence electrons. The second-order valence-corrected chi connectivity index (χ2v) is 16.1. The van der Waals surface area contributed by atoms with Crippen molar-refractivity contribution < 1.29 is 0 Å². The van der Waals surface area contributed by atoms with Crippen LogP contribution >= 0.6 is 0 Å². The molecule has 13 rings (SSSR count). The number of hydrogen-bond donors (Lipinski definition) is 0. The van der Waals surface area contributed by atoms with Gasteiger partial charge >= 0.3 is 0 Å². The molecule has 4 heterocycles.